The highest BCUT2D eigenvalue weighted by Crippen LogP contribution is 2.46. The Morgan fingerprint density at radius 2 is 1.94 bits per heavy atom. The van der Waals surface area contributed by atoms with Crippen LogP contribution in [-0.4, -0.2) is 30.9 Å². The third-order valence-electron chi connectivity index (χ3n) is 6.17. The summed E-state index contributed by atoms with van der Waals surface area (Å²) < 4.78 is 0. The van der Waals surface area contributed by atoms with Crippen LogP contribution in [0.4, 0.5) is 17.5 Å². The van der Waals surface area contributed by atoms with Gasteiger partial charge in [-0.25, -0.2) is 9.97 Å². The highest BCUT2D eigenvalue weighted by molar-refractivity contribution is 6.31. The van der Waals surface area contributed by atoms with Crippen molar-refractivity contribution in [3.05, 3.63) is 107 Å². The van der Waals surface area contributed by atoms with E-state index in [1.165, 1.54) is 4.90 Å². The Morgan fingerprint density at radius 3 is 2.77 bits per heavy atom. The largest absolute Gasteiger partial charge is 0.363 e. The Balaban J connectivity index is 1.50. The van der Waals surface area contributed by atoms with Gasteiger partial charge < -0.3 is 15.4 Å². The number of aromatic amines is 1. The molecule has 0 aliphatic carbocycles. The number of H-pyrrole nitrogens is 1. The fraction of sp³-hybridized carbons (Fsp3) is 0.0769. The molecule has 0 bridgehead atoms. The Bertz CT molecular complexity index is 1600. The number of hydrogen-bond acceptors (Lipinski definition) is 6. The molecule has 1 atom stereocenters. The van der Waals surface area contributed by atoms with E-state index >= 15 is 0 Å². The van der Waals surface area contributed by atoms with Gasteiger partial charge in [0.05, 0.1) is 22.9 Å². The lowest BCUT2D eigenvalue weighted by Crippen LogP contribution is -2.45. The van der Waals surface area contributed by atoms with Gasteiger partial charge in [0.15, 0.2) is 11.5 Å². The Morgan fingerprint density at radius 1 is 1.09 bits per heavy atom. The van der Waals surface area contributed by atoms with E-state index < -0.39 is 5.72 Å². The zero-order valence-electron chi connectivity index (χ0n) is 18.5. The van der Waals surface area contributed by atoms with Crippen LogP contribution in [0.2, 0.25) is 5.02 Å². The quantitative estimate of drug-likeness (QED) is 0.336. The normalized spacial score (nSPS) is 17.1. The van der Waals surface area contributed by atoms with Crippen molar-refractivity contribution in [2.75, 3.05) is 10.2 Å². The van der Waals surface area contributed by atoms with Gasteiger partial charge >= 0.3 is 0 Å². The summed E-state index contributed by atoms with van der Waals surface area (Å²) in [6.45, 7) is 1.88. The summed E-state index contributed by atoms with van der Waals surface area (Å²) in [4.78, 5) is 31.0. The first kappa shape index (κ1) is 21.3. The minimum absolute atomic E-state index is 0.303. The van der Waals surface area contributed by atoms with Crippen LogP contribution < -0.4 is 10.2 Å². The van der Waals surface area contributed by atoms with Crippen LogP contribution in [0.3, 0.4) is 0 Å². The maximum absolute atomic E-state index is 13.6. The van der Waals surface area contributed by atoms with E-state index in [1.807, 2.05) is 19.1 Å². The Kier molecular flexibility index (Phi) is 4.80. The molecule has 9 heteroatoms. The molecule has 1 unspecified atom stereocenters. The van der Waals surface area contributed by atoms with E-state index in [2.05, 4.69) is 25.3 Å². The van der Waals surface area contributed by atoms with E-state index in [0.717, 1.165) is 5.56 Å². The van der Waals surface area contributed by atoms with Crippen LogP contribution in [0, 0.1) is 6.92 Å². The van der Waals surface area contributed by atoms with Gasteiger partial charge in [-0.05, 0) is 42.8 Å². The van der Waals surface area contributed by atoms with Crippen LogP contribution in [0.5, 0.6) is 0 Å². The van der Waals surface area contributed by atoms with Crippen LogP contribution in [0.15, 0.2) is 79.3 Å². The number of aliphatic hydroxyl groups is 1. The monoisotopic (exact) mass is 482 g/mol. The predicted molar refractivity (Wildman–Crippen MR) is 134 cm³/mol. The zero-order valence-corrected chi connectivity index (χ0v) is 19.3. The molecule has 2 aromatic heterocycles. The number of nitrogens with one attached hydrogen (secondary N) is 2. The van der Waals surface area contributed by atoms with Crippen molar-refractivity contribution < 1.29 is 9.90 Å². The molecule has 0 spiro atoms. The minimum Gasteiger partial charge on any atom is -0.363 e. The van der Waals surface area contributed by atoms with E-state index in [1.54, 1.807) is 67.1 Å². The number of carbonyl (C=O) groups is 1. The number of aromatic nitrogens is 4. The first-order valence-corrected chi connectivity index (χ1v) is 11.3. The van der Waals surface area contributed by atoms with E-state index in [0.29, 0.717) is 50.2 Å². The first-order chi connectivity index (χ1) is 16.9. The molecule has 35 heavy (non-hydrogen) atoms. The minimum atomic E-state index is -1.75. The molecular formula is C26H19ClN6O2. The summed E-state index contributed by atoms with van der Waals surface area (Å²) >= 11 is 6.29. The second kappa shape index (κ2) is 7.90. The fourth-order valence-corrected chi connectivity index (χ4v) is 4.69. The average Bonchev–Trinajstić information content (AvgIpc) is 3.37. The lowest BCUT2D eigenvalue weighted by molar-refractivity contribution is 0.0703. The van der Waals surface area contributed by atoms with Crippen molar-refractivity contribution in [2.24, 2.45) is 0 Å². The van der Waals surface area contributed by atoms with E-state index in [-0.39, 0.29) is 5.91 Å². The lowest BCUT2D eigenvalue weighted by Gasteiger charge is -2.35. The third-order valence-corrected chi connectivity index (χ3v) is 6.40. The summed E-state index contributed by atoms with van der Waals surface area (Å²) in [6, 6.07) is 17.7. The van der Waals surface area contributed by atoms with Gasteiger partial charge in [0, 0.05) is 34.1 Å². The Labute approximate surface area is 205 Å². The smallest absolute Gasteiger partial charge is 0.261 e. The number of rotatable bonds is 4. The van der Waals surface area contributed by atoms with Crippen molar-refractivity contribution in [1.29, 1.82) is 0 Å². The van der Waals surface area contributed by atoms with Gasteiger partial charge in [0.1, 0.15) is 0 Å². The van der Waals surface area contributed by atoms with Gasteiger partial charge in [-0.3, -0.25) is 14.7 Å². The number of carbonyl (C=O) groups excluding carboxylic acids is 1. The molecule has 3 N–H and O–H groups in total. The topological polar surface area (TPSA) is 107 Å². The molecule has 0 saturated carbocycles. The predicted octanol–water partition coefficient (Wildman–Crippen LogP) is 4.91. The highest BCUT2D eigenvalue weighted by atomic mass is 35.5. The summed E-state index contributed by atoms with van der Waals surface area (Å²) in [5.74, 6) is 0.724. The molecule has 0 saturated heterocycles. The lowest BCUT2D eigenvalue weighted by atomic mass is 9.93. The van der Waals surface area contributed by atoms with Gasteiger partial charge in [-0.1, -0.05) is 41.9 Å². The SMILES string of the molecule is Cc1ccc(Cl)cc1N1C(=O)c2ccccc2C1(O)c1ccc2nc(Nc3cnccn3)[nH]c2c1. The molecule has 6 rings (SSSR count). The van der Waals surface area contributed by atoms with Crippen molar-refractivity contribution in [3.8, 4) is 0 Å². The molecule has 1 amide bonds. The summed E-state index contributed by atoms with van der Waals surface area (Å²) in [6.07, 6.45) is 4.76. The maximum Gasteiger partial charge on any atom is 0.261 e. The van der Waals surface area contributed by atoms with Gasteiger partial charge in [-0.15, -0.1) is 0 Å². The fourth-order valence-electron chi connectivity index (χ4n) is 4.52. The number of hydrogen-bond donors (Lipinski definition) is 3. The molecule has 3 heterocycles. The number of benzene rings is 3. The van der Waals surface area contributed by atoms with E-state index in [4.69, 9.17) is 11.6 Å². The molecule has 172 valence electrons. The molecule has 0 radical (unpaired) electrons. The number of aryl methyl sites for hydroxylation is 1. The molecule has 1 aliphatic heterocycles. The molecule has 8 nitrogen and oxygen atoms in total. The van der Waals surface area contributed by atoms with Crippen LogP contribution >= 0.6 is 11.6 Å². The van der Waals surface area contributed by atoms with Gasteiger partial charge in [0.25, 0.3) is 5.91 Å². The highest BCUT2D eigenvalue weighted by Gasteiger charge is 2.51. The van der Waals surface area contributed by atoms with Gasteiger partial charge in [-0.2, -0.15) is 0 Å². The standard InChI is InChI=1S/C26H19ClN6O2/c1-15-6-8-17(27)13-22(15)33-24(34)18-4-2-3-5-19(18)26(33,35)16-7-9-20-21(12-16)31-25(30-20)32-23-14-28-10-11-29-23/h2-14,35H,1H3,(H2,29,30,31,32). The van der Waals surface area contributed by atoms with Crippen LogP contribution in [-0.2, 0) is 5.72 Å². The van der Waals surface area contributed by atoms with Crippen molar-refractivity contribution >= 4 is 46.0 Å². The molecule has 0 fully saturated rings. The molecular weight excluding hydrogens is 464 g/mol. The number of fused-ring (bicyclic) bond motifs is 2. The Hall–Kier alpha value is -4.27. The molecule has 5 aromatic rings. The van der Waals surface area contributed by atoms with Crippen molar-refractivity contribution in [2.45, 2.75) is 12.6 Å². The summed E-state index contributed by atoms with van der Waals surface area (Å²) in [5.41, 5.74) is 2.42. The van der Waals surface area contributed by atoms with E-state index in [9.17, 15) is 9.90 Å². The first-order valence-electron chi connectivity index (χ1n) is 10.9. The van der Waals surface area contributed by atoms with Gasteiger partial charge in [0.2, 0.25) is 5.95 Å². The second-order valence-corrected chi connectivity index (χ2v) is 8.76. The third kappa shape index (κ3) is 3.34. The molecule has 1 aliphatic rings. The number of nitrogens with zero attached hydrogens (tertiary/aromatic N) is 4. The van der Waals surface area contributed by atoms with Crippen LogP contribution in [0.1, 0.15) is 27.0 Å². The van der Waals surface area contributed by atoms with Crippen LogP contribution in [0.25, 0.3) is 11.0 Å². The number of imidazole rings is 1. The summed E-state index contributed by atoms with van der Waals surface area (Å²) in [7, 11) is 0. The number of halogens is 1. The van der Waals surface area contributed by atoms with Crippen molar-refractivity contribution in [1.82, 2.24) is 19.9 Å². The average molecular weight is 483 g/mol. The second-order valence-electron chi connectivity index (χ2n) is 8.32. The van der Waals surface area contributed by atoms with Crippen molar-refractivity contribution in [3.63, 3.8) is 0 Å². The number of anilines is 3. The maximum atomic E-state index is 13.6. The summed E-state index contributed by atoms with van der Waals surface area (Å²) in [5, 5.41) is 15.9. The molecule has 3 aromatic carbocycles. The zero-order chi connectivity index (χ0) is 24.2. The number of amides is 1.